The molecule has 2 heteroatoms. The molecule has 0 saturated heterocycles. The first-order valence-corrected chi connectivity index (χ1v) is 3.73. The highest BCUT2D eigenvalue weighted by atomic mass is 16.1. The van der Waals surface area contributed by atoms with Crippen molar-refractivity contribution in [3.63, 3.8) is 0 Å². The summed E-state index contributed by atoms with van der Waals surface area (Å²) in [6, 6.07) is 0. The fourth-order valence-corrected chi connectivity index (χ4v) is 0.628. The standard InChI is InChI=1S/C8H15NO/c1-2-3-4-5-6-7-9-8-10/h4-5,8H,2-3,6-7H2,1H3,(H,9,10)/b5-4-. The van der Waals surface area contributed by atoms with E-state index in [1.807, 2.05) is 0 Å². The molecule has 0 radical (unpaired) electrons. The Hall–Kier alpha value is -0.790. The summed E-state index contributed by atoms with van der Waals surface area (Å²) in [5, 5.41) is 2.59. The zero-order valence-corrected chi connectivity index (χ0v) is 6.47. The van der Waals surface area contributed by atoms with Crippen LogP contribution in [0.25, 0.3) is 0 Å². The van der Waals surface area contributed by atoms with Crippen molar-refractivity contribution in [2.75, 3.05) is 6.54 Å². The molecule has 0 fully saturated rings. The Morgan fingerprint density at radius 3 is 2.60 bits per heavy atom. The Balaban J connectivity index is 2.94. The molecule has 0 unspecified atom stereocenters. The third kappa shape index (κ3) is 7.21. The lowest BCUT2D eigenvalue weighted by molar-refractivity contribution is -0.109. The fourth-order valence-electron chi connectivity index (χ4n) is 0.628. The zero-order valence-electron chi connectivity index (χ0n) is 6.47. The molecule has 0 atom stereocenters. The SMILES string of the molecule is CCC/C=C\CCNC=O. The molecule has 0 heterocycles. The third-order valence-electron chi connectivity index (χ3n) is 1.16. The molecule has 0 saturated carbocycles. The summed E-state index contributed by atoms with van der Waals surface area (Å²) in [5.41, 5.74) is 0. The van der Waals surface area contributed by atoms with Crippen LogP contribution in [-0.2, 0) is 4.79 Å². The van der Waals surface area contributed by atoms with E-state index in [2.05, 4.69) is 24.4 Å². The molecular formula is C8H15NO. The number of nitrogens with one attached hydrogen (secondary N) is 1. The van der Waals surface area contributed by atoms with Crippen LogP contribution in [0.5, 0.6) is 0 Å². The summed E-state index contributed by atoms with van der Waals surface area (Å²) in [5.74, 6) is 0. The van der Waals surface area contributed by atoms with E-state index in [0.29, 0.717) is 0 Å². The molecule has 1 amide bonds. The molecule has 0 aliphatic rings. The molecular weight excluding hydrogens is 126 g/mol. The van der Waals surface area contributed by atoms with Crippen LogP contribution in [-0.4, -0.2) is 13.0 Å². The highest BCUT2D eigenvalue weighted by molar-refractivity contribution is 5.45. The minimum absolute atomic E-state index is 0.730. The van der Waals surface area contributed by atoms with Crippen molar-refractivity contribution in [2.24, 2.45) is 0 Å². The van der Waals surface area contributed by atoms with Crippen LogP contribution in [0, 0.1) is 0 Å². The number of carbonyl (C=O) groups is 1. The first kappa shape index (κ1) is 9.21. The second-order valence-electron chi connectivity index (χ2n) is 2.12. The van der Waals surface area contributed by atoms with Crippen molar-refractivity contribution in [3.05, 3.63) is 12.2 Å². The second-order valence-corrected chi connectivity index (χ2v) is 2.12. The van der Waals surface area contributed by atoms with Gasteiger partial charge in [-0.15, -0.1) is 0 Å². The average molecular weight is 141 g/mol. The summed E-state index contributed by atoms with van der Waals surface area (Å²) in [6.07, 6.45) is 8.25. The molecule has 0 aliphatic carbocycles. The van der Waals surface area contributed by atoms with E-state index in [1.54, 1.807) is 0 Å². The van der Waals surface area contributed by atoms with E-state index >= 15 is 0 Å². The lowest BCUT2D eigenvalue weighted by Gasteiger charge is -1.90. The van der Waals surface area contributed by atoms with Crippen LogP contribution in [0.1, 0.15) is 26.2 Å². The van der Waals surface area contributed by atoms with E-state index in [-0.39, 0.29) is 0 Å². The van der Waals surface area contributed by atoms with Gasteiger partial charge in [0.2, 0.25) is 6.41 Å². The Kier molecular flexibility index (Phi) is 7.56. The van der Waals surface area contributed by atoms with Crippen molar-refractivity contribution in [3.8, 4) is 0 Å². The summed E-state index contributed by atoms with van der Waals surface area (Å²) < 4.78 is 0. The smallest absolute Gasteiger partial charge is 0.207 e. The molecule has 0 rings (SSSR count). The summed E-state index contributed by atoms with van der Waals surface area (Å²) in [6.45, 7) is 2.90. The van der Waals surface area contributed by atoms with Crippen molar-refractivity contribution in [1.29, 1.82) is 0 Å². The van der Waals surface area contributed by atoms with E-state index in [1.165, 1.54) is 6.42 Å². The predicted molar refractivity (Wildman–Crippen MR) is 42.7 cm³/mol. The van der Waals surface area contributed by atoms with E-state index in [9.17, 15) is 4.79 Å². The van der Waals surface area contributed by atoms with Gasteiger partial charge in [-0.3, -0.25) is 4.79 Å². The predicted octanol–water partition coefficient (Wildman–Crippen LogP) is 1.48. The minimum atomic E-state index is 0.730. The van der Waals surface area contributed by atoms with Crippen molar-refractivity contribution in [1.82, 2.24) is 5.32 Å². The van der Waals surface area contributed by atoms with E-state index < -0.39 is 0 Å². The maximum absolute atomic E-state index is 9.76. The Morgan fingerprint density at radius 2 is 2.00 bits per heavy atom. The number of rotatable bonds is 6. The van der Waals surface area contributed by atoms with Crippen LogP contribution < -0.4 is 5.32 Å². The van der Waals surface area contributed by atoms with Gasteiger partial charge in [0.1, 0.15) is 0 Å². The largest absolute Gasteiger partial charge is 0.358 e. The topological polar surface area (TPSA) is 29.1 Å². The van der Waals surface area contributed by atoms with Crippen LogP contribution in [0.15, 0.2) is 12.2 Å². The summed E-state index contributed by atoms with van der Waals surface area (Å²) >= 11 is 0. The number of hydrogen-bond donors (Lipinski definition) is 1. The van der Waals surface area contributed by atoms with Gasteiger partial charge in [0.05, 0.1) is 0 Å². The molecule has 0 aliphatic heterocycles. The Bertz CT molecular complexity index is 99.4. The van der Waals surface area contributed by atoms with Crippen molar-refractivity contribution in [2.45, 2.75) is 26.2 Å². The minimum Gasteiger partial charge on any atom is -0.358 e. The fraction of sp³-hybridized carbons (Fsp3) is 0.625. The average Bonchev–Trinajstić information content (AvgIpc) is 1.97. The first-order valence-electron chi connectivity index (χ1n) is 3.73. The lowest BCUT2D eigenvalue weighted by atomic mass is 10.3. The van der Waals surface area contributed by atoms with Gasteiger partial charge < -0.3 is 5.32 Å². The second kappa shape index (κ2) is 8.21. The van der Waals surface area contributed by atoms with Gasteiger partial charge in [-0.05, 0) is 12.8 Å². The molecule has 0 aromatic heterocycles. The molecule has 0 aromatic rings. The van der Waals surface area contributed by atoms with Crippen LogP contribution in [0.2, 0.25) is 0 Å². The maximum Gasteiger partial charge on any atom is 0.207 e. The zero-order chi connectivity index (χ0) is 7.66. The quantitative estimate of drug-likeness (QED) is 0.339. The number of allylic oxidation sites excluding steroid dienone is 1. The monoisotopic (exact) mass is 141 g/mol. The number of carbonyl (C=O) groups excluding carboxylic acids is 1. The van der Waals surface area contributed by atoms with Gasteiger partial charge in [-0.25, -0.2) is 0 Å². The highest BCUT2D eigenvalue weighted by Crippen LogP contribution is 1.89. The molecule has 0 spiro atoms. The van der Waals surface area contributed by atoms with Crippen molar-refractivity contribution >= 4 is 6.41 Å². The molecule has 58 valence electrons. The molecule has 10 heavy (non-hydrogen) atoms. The number of unbranched alkanes of at least 4 members (excludes halogenated alkanes) is 1. The van der Waals surface area contributed by atoms with Gasteiger partial charge in [-0.1, -0.05) is 25.5 Å². The highest BCUT2D eigenvalue weighted by Gasteiger charge is 1.77. The van der Waals surface area contributed by atoms with Gasteiger partial charge in [-0.2, -0.15) is 0 Å². The first-order chi connectivity index (χ1) is 4.91. The summed E-state index contributed by atoms with van der Waals surface area (Å²) in [7, 11) is 0. The van der Waals surface area contributed by atoms with Gasteiger partial charge >= 0.3 is 0 Å². The number of amides is 1. The normalized spacial score (nSPS) is 10.1. The Labute approximate surface area is 62.3 Å². The number of hydrogen-bond acceptors (Lipinski definition) is 1. The van der Waals surface area contributed by atoms with Crippen LogP contribution in [0.3, 0.4) is 0 Å². The summed E-state index contributed by atoms with van der Waals surface area (Å²) in [4.78, 5) is 9.76. The van der Waals surface area contributed by atoms with Gasteiger partial charge in [0.25, 0.3) is 0 Å². The van der Waals surface area contributed by atoms with Gasteiger partial charge in [0, 0.05) is 6.54 Å². The van der Waals surface area contributed by atoms with E-state index in [4.69, 9.17) is 0 Å². The molecule has 0 bridgehead atoms. The third-order valence-corrected chi connectivity index (χ3v) is 1.16. The molecule has 2 nitrogen and oxygen atoms in total. The molecule has 0 aromatic carbocycles. The molecule has 1 N–H and O–H groups in total. The van der Waals surface area contributed by atoms with Crippen molar-refractivity contribution < 1.29 is 4.79 Å². The van der Waals surface area contributed by atoms with Crippen LogP contribution >= 0.6 is 0 Å². The Morgan fingerprint density at radius 1 is 1.30 bits per heavy atom. The lowest BCUT2D eigenvalue weighted by Crippen LogP contribution is -2.10. The van der Waals surface area contributed by atoms with E-state index in [0.717, 1.165) is 25.8 Å². The van der Waals surface area contributed by atoms with Crippen LogP contribution in [0.4, 0.5) is 0 Å². The van der Waals surface area contributed by atoms with Gasteiger partial charge in [0.15, 0.2) is 0 Å². The maximum atomic E-state index is 9.76.